The SMILES string of the molecule is CCCNC(Cc1cccs1)c1ccsc1C. The zero-order valence-corrected chi connectivity index (χ0v) is 12.0. The fourth-order valence-corrected chi connectivity index (χ4v) is 3.51. The number of rotatable bonds is 6. The van der Waals surface area contributed by atoms with Crippen LogP contribution in [0.25, 0.3) is 0 Å². The van der Waals surface area contributed by atoms with Crippen LogP contribution >= 0.6 is 22.7 Å². The van der Waals surface area contributed by atoms with Crippen molar-refractivity contribution in [3.05, 3.63) is 44.3 Å². The third-order valence-electron chi connectivity index (χ3n) is 2.90. The molecule has 0 bridgehead atoms. The summed E-state index contributed by atoms with van der Waals surface area (Å²) in [5.74, 6) is 0. The Kier molecular flexibility index (Phi) is 4.77. The normalized spacial score (nSPS) is 12.8. The van der Waals surface area contributed by atoms with Crippen molar-refractivity contribution in [3.63, 3.8) is 0 Å². The molecule has 17 heavy (non-hydrogen) atoms. The molecule has 2 rings (SSSR count). The number of aryl methyl sites for hydroxylation is 1. The summed E-state index contributed by atoms with van der Waals surface area (Å²) >= 11 is 3.69. The highest BCUT2D eigenvalue weighted by atomic mass is 32.1. The molecule has 0 saturated carbocycles. The molecule has 3 heteroatoms. The van der Waals surface area contributed by atoms with Crippen molar-refractivity contribution in [2.24, 2.45) is 0 Å². The van der Waals surface area contributed by atoms with Gasteiger partial charge in [-0.05, 0) is 48.3 Å². The first-order chi connectivity index (χ1) is 8.31. The van der Waals surface area contributed by atoms with E-state index in [0.29, 0.717) is 6.04 Å². The maximum absolute atomic E-state index is 3.66. The predicted molar refractivity (Wildman–Crippen MR) is 78.1 cm³/mol. The number of thiophene rings is 2. The highest BCUT2D eigenvalue weighted by molar-refractivity contribution is 7.10. The molecule has 1 N–H and O–H groups in total. The van der Waals surface area contributed by atoms with Gasteiger partial charge in [-0.1, -0.05) is 13.0 Å². The summed E-state index contributed by atoms with van der Waals surface area (Å²) in [5.41, 5.74) is 1.47. The Balaban J connectivity index is 2.11. The minimum Gasteiger partial charge on any atom is -0.310 e. The zero-order valence-electron chi connectivity index (χ0n) is 10.4. The Morgan fingerprint density at radius 1 is 1.24 bits per heavy atom. The van der Waals surface area contributed by atoms with Gasteiger partial charge in [0.15, 0.2) is 0 Å². The number of hydrogen-bond donors (Lipinski definition) is 1. The number of nitrogens with one attached hydrogen (secondary N) is 1. The van der Waals surface area contributed by atoms with Gasteiger partial charge in [-0.3, -0.25) is 0 Å². The molecule has 1 atom stereocenters. The molecule has 0 fully saturated rings. The molecule has 0 aliphatic heterocycles. The van der Waals surface area contributed by atoms with Crippen molar-refractivity contribution in [2.45, 2.75) is 32.7 Å². The monoisotopic (exact) mass is 265 g/mol. The van der Waals surface area contributed by atoms with Crippen LogP contribution in [0.15, 0.2) is 29.0 Å². The Bertz CT molecular complexity index is 431. The van der Waals surface area contributed by atoms with E-state index in [4.69, 9.17) is 0 Å². The first kappa shape index (κ1) is 12.8. The summed E-state index contributed by atoms with van der Waals surface area (Å²) in [7, 11) is 0. The van der Waals surface area contributed by atoms with E-state index in [9.17, 15) is 0 Å². The van der Waals surface area contributed by atoms with E-state index in [1.807, 2.05) is 22.7 Å². The molecule has 0 aromatic carbocycles. The van der Waals surface area contributed by atoms with E-state index < -0.39 is 0 Å². The Morgan fingerprint density at radius 2 is 2.12 bits per heavy atom. The van der Waals surface area contributed by atoms with E-state index in [-0.39, 0.29) is 0 Å². The van der Waals surface area contributed by atoms with Gasteiger partial charge in [0.1, 0.15) is 0 Å². The molecule has 2 aromatic heterocycles. The van der Waals surface area contributed by atoms with Crippen LogP contribution in [0.5, 0.6) is 0 Å². The largest absolute Gasteiger partial charge is 0.310 e. The summed E-state index contributed by atoms with van der Waals surface area (Å²) in [6.07, 6.45) is 2.29. The van der Waals surface area contributed by atoms with Crippen molar-refractivity contribution < 1.29 is 0 Å². The van der Waals surface area contributed by atoms with E-state index in [2.05, 4.69) is 48.1 Å². The van der Waals surface area contributed by atoms with Crippen LogP contribution in [0.2, 0.25) is 0 Å². The molecule has 0 aliphatic rings. The lowest BCUT2D eigenvalue weighted by atomic mass is 10.0. The smallest absolute Gasteiger partial charge is 0.0379 e. The second kappa shape index (κ2) is 6.34. The van der Waals surface area contributed by atoms with E-state index in [1.165, 1.54) is 21.7 Å². The maximum atomic E-state index is 3.66. The molecule has 2 heterocycles. The van der Waals surface area contributed by atoms with Crippen LogP contribution in [0.4, 0.5) is 0 Å². The van der Waals surface area contributed by atoms with Gasteiger partial charge in [0.2, 0.25) is 0 Å². The topological polar surface area (TPSA) is 12.0 Å². The minimum atomic E-state index is 0.472. The van der Waals surface area contributed by atoms with E-state index in [1.54, 1.807) is 0 Å². The maximum Gasteiger partial charge on any atom is 0.0379 e. The zero-order chi connectivity index (χ0) is 12.1. The van der Waals surface area contributed by atoms with Gasteiger partial charge in [-0.25, -0.2) is 0 Å². The molecule has 92 valence electrons. The molecular weight excluding hydrogens is 246 g/mol. The lowest BCUT2D eigenvalue weighted by Crippen LogP contribution is -2.23. The lowest BCUT2D eigenvalue weighted by Gasteiger charge is -2.18. The Hall–Kier alpha value is -0.640. The third kappa shape index (κ3) is 3.41. The van der Waals surface area contributed by atoms with Gasteiger partial charge in [0.05, 0.1) is 0 Å². The highest BCUT2D eigenvalue weighted by Crippen LogP contribution is 2.26. The molecule has 0 amide bonds. The van der Waals surface area contributed by atoms with Crippen molar-refractivity contribution >= 4 is 22.7 Å². The van der Waals surface area contributed by atoms with Crippen LogP contribution in [-0.4, -0.2) is 6.54 Å². The van der Waals surface area contributed by atoms with Crippen molar-refractivity contribution in [1.82, 2.24) is 5.32 Å². The molecular formula is C14H19NS2. The molecule has 1 unspecified atom stereocenters. The van der Waals surface area contributed by atoms with E-state index in [0.717, 1.165) is 13.0 Å². The van der Waals surface area contributed by atoms with Crippen LogP contribution in [0, 0.1) is 6.92 Å². The second-order valence-electron chi connectivity index (χ2n) is 4.22. The fourth-order valence-electron chi connectivity index (χ4n) is 2.00. The van der Waals surface area contributed by atoms with Gasteiger partial charge < -0.3 is 5.32 Å². The third-order valence-corrected chi connectivity index (χ3v) is 4.66. The standard InChI is InChI=1S/C14H19NS2/c1-3-7-15-14(10-12-5-4-8-17-12)13-6-9-16-11(13)2/h4-6,8-9,14-15H,3,7,10H2,1-2H3. The number of hydrogen-bond acceptors (Lipinski definition) is 3. The molecule has 1 nitrogen and oxygen atoms in total. The van der Waals surface area contributed by atoms with E-state index >= 15 is 0 Å². The summed E-state index contributed by atoms with van der Waals surface area (Å²) < 4.78 is 0. The average Bonchev–Trinajstić information content (AvgIpc) is 2.95. The molecule has 0 aliphatic carbocycles. The first-order valence-corrected chi connectivity index (χ1v) is 7.87. The van der Waals surface area contributed by atoms with Gasteiger partial charge in [-0.2, -0.15) is 0 Å². The summed E-state index contributed by atoms with van der Waals surface area (Å²) in [4.78, 5) is 2.90. The molecule has 0 spiro atoms. The lowest BCUT2D eigenvalue weighted by molar-refractivity contribution is 0.532. The average molecular weight is 265 g/mol. The van der Waals surface area contributed by atoms with Gasteiger partial charge >= 0.3 is 0 Å². The Labute approximate surface area is 112 Å². The predicted octanol–water partition coefficient (Wildman–Crippen LogP) is 4.40. The summed E-state index contributed by atoms with van der Waals surface area (Å²) in [5, 5.41) is 8.02. The first-order valence-electron chi connectivity index (χ1n) is 6.11. The Morgan fingerprint density at radius 3 is 2.71 bits per heavy atom. The molecule has 2 aromatic rings. The van der Waals surface area contributed by atoms with Crippen LogP contribution < -0.4 is 5.32 Å². The van der Waals surface area contributed by atoms with Crippen LogP contribution in [0.3, 0.4) is 0 Å². The molecule has 0 radical (unpaired) electrons. The van der Waals surface area contributed by atoms with Crippen molar-refractivity contribution in [1.29, 1.82) is 0 Å². The van der Waals surface area contributed by atoms with Crippen molar-refractivity contribution in [3.8, 4) is 0 Å². The van der Waals surface area contributed by atoms with Crippen LogP contribution in [-0.2, 0) is 6.42 Å². The van der Waals surface area contributed by atoms with Gasteiger partial charge in [0, 0.05) is 22.2 Å². The second-order valence-corrected chi connectivity index (χ2v) is 6.37. The summed E-state index contributed by atoms with van der Waals surface area (Å²) in [6.45, 7) is 5.52. The highest BCUT2D eigenvalue weighted by Gasteiger charge is 2.14. The van der Waals surface area contributed by atoms with Gasteiger partial charge in [-0.15, -0.1) is 22.7 Å². The van der Waals surface area contributed by atoms with Crippen molar-refractivity contribution in [2.75, 3.05) is 6.54 Å². The molecule has 0 saturated heterocycles. The quantitative estimate of drug-likeness (QED) is 0.816. The fraction of sp³-hybridized carbons (Fsp3) is 0.429. The van der Waals surface area contributed by atoms with Gasteiger partial charge in [0.25, 0.3) is 0 Å². The minimum absolute atomic E-state index is 0.472. The van der Waals surface area contributed by atoms with Crippen LogP contribution in [0.1, 0.15) is 34.7 Å². The summed E-state index contributed by atoms with van der Waals surface area (Å²) in [6, 6.07) is 7.10.